The van der Waals surface area contributed by atoms with E-state index < -0.39 is 5.97 Å². The first kappa shape index (κ1) is 13.0. The van der Waals surface area contributed by atoms with Crippen LogP contribution in [0.15, 0.2) is 36.7 Å². The van der Waals surface area contributed by atoms with Crippen molar-refractivity contribution in [3.05, 3.63) is 36.7 Å². The summed E-state index contributed by atoms with van der Waals surface area (Å²) in [5.74, 6) is 1.36. The average molecular weight is 206 g/mol. The number of carboxylic acids is 1. The third kappa shape index (κ3) is 12.0. The summed E-state index contributed by atoms with van der Waals surface area (Å²) >= 11 is 0. The predicted molar refractivity (Wildman–Crippen MR) is 59.9 cm³/mol. The first-order valence-corrected chi connectivity index (χ1v) is 4.37. The highest BCUT2D eigenvalue weighted by Gasteiger charge is 1.90. The lowest BCUT2D eigenvalue weighted by Gasteiger charge is -1.90. The molecular weight excluding hydrogens is 192 g/mol. The number of nitrogens with one attached hydrogen (secondary N) is 2. The van der Waals surface area contributed by atoms with Crippen molar-refractivity contribution in [2.75, 3.05) is 13.1 Å². The van der Waals surface area contributed by atoms with Gasteiger partial charge in [0.15, 0.2) is 0 Å². The molecule has 80 valence electrons. The molecule has 0 aliphatic carbocycles. The Morgan fingerprint density at radius 1 is 1.33 bits per heavy atom. The normalized spacial score (nSPS) is 11.7. The summed E-state index contributed by atoms with van der Waals surface area (Å²) in [6.45, 7) is 0.247. The molecule has 15 heavy (non-hydrogen) atoms. The summed E-state index contributed by atoms with van der Waals surface area (Å²) in [5, 5.41) is 13.4. The van der Waals surface area contributed by atoms with Gasteiger partial charge < -0.3 is 10.4 Å². The number of allylic oxidation sites excluding steroid dienone is 4. The Morgan fingerprint density at radius 3 is 2.40 bits per heavy atom. The number of terminal acetylenes is 1. The molecule has 4 heteroatoms. The molecule has 1 rings (SSSR count). The van der Waals surface area contributed by atoms with Crippen LogP contribution in [-0.4, -0.2) is 24.2 Å². The molecule has 0 radical (unpaired) electrons. The van der Waals surface area contributed by atoms with Gasteiger partial charge in [0.2, 0.25) is 0 Å². The van der Waals surface area contributed by atoms with Crippen molar-refractivity contribution in [3.8, 4) is 12.3 Å². The van der Waals surface area contributed by atoms with Crippen molar-refractivity contribution in [1.29, 1.82) is 0 Å². The molecule has 0 amide bonds. The standard InChI is InChI=1S/C6H7N.C5H7NO2/c1-2-4-6-7-5-3-1;1-2-3-6-4-5(7)8/h1-7H;1,6H,3-4H2,(H,7,8). The Hall–Kier alpha value is -1.99. The molecule has 1 heterocycles. The van der Waals surface area contributed by atoms with E-state index >= 15 is 0 Å². The number of hydrogen-bond acceptors (Lipinski definition) is 3. The van der Waals surface area contributed by atoms with Crippen molar-refractivity contribution in [2.24, 2.45) is 0 Å². The Balaban J connectivity index is 0.000000262. The molecule has 1 aliphatic heterocycles. The molecule has 0 aromatic carbocycles. The van der Waals surface area contributed by atoms with Crippen LogP contribution in [0.4, 0.5) is 0 Å². The van der Waals surface area contributed by atoms with Crippen LogP contribution in [0.5, 0.6) is 0 Å². The third-order valence-electron chi connectivity index (χ3n) is 1.22. The van der Waals surface area contributed by atoms with E-state index in [1.807, 2.05) is 36.7 Å². The molecule has 3 N–H and O–H groups in total. The Morgan fingerprint density at radius 2 is 1.93 bits per heavy atom. The summed E-state index contributed by atoms with van der Waals surface area (Å²) in [6, 6.07) is 0. The molecule has 0 fully saturated rings. The topological polar surface area (TPSA) is 61.4 Å². The molecular formula is C11H14N2O2. The van der Waals surface area contributed by atoms with Gasteiger partial charge in [-0.25, -0.2) is 0 Å². The van der Waals surface area contributed by atoms with Crippen molar-refractivity contribution < 1.29 is 9.90 Å². The highest BCUT2D eigenvalue weighted by atomic mass is 16.4. The molecule has 0 aromatic heterocycles. The molecule has 1 aliphatic rings. The predicted octanol–water partition coefficient (Wildman–Crippen LogP) is 0.467. The lowest BCUT2D eigenvalue weighted by molar-refractivity contribution is -0.135. The maximum Gasteiger partial charge on any atom is 0.317 e. The van der Waals surface area contributed by atoms with E-state index in [1.165, 1.54) is 0 Å². The van der Waals surface area contributed by atoms with Crippen LogP contribution < -0.4 is 10.6 Å². The first-order valence-electron chi connectivity index (χ1n) is 4.37. The monoisotopic (exact) mass is 206 g/mol. The fourth-order valence-corrected chi connectivity index (χ4v) is 0.648. The van der Waals surface area contributed by atoms with Gasteiger partial charge >= 0.3 is 5.97 Å². The third-order valence-corrected chi connectivity index (χ3v) is 1.22. The van der Waals surface area contributed by atoms with E-state index in [0.29, 0.717) is 6.54 Å². The largest absolute Gasteiger partial charge is 0.480 e. The van der Waals surface area contributed by atoms with Gasteiger partial charge in [-0.1, -0.05) is 18.1 Å². The molecule has 0 bridgehead atoms. The molecule has 0 saturated carbocycles. The highest BCUT2D eigenvalue weighted by Crippen LogP contribution is 1.81. The van der Waals surface area contributed by atoms with E-state index in [0.717, 1.165) is 0 Å². The van der Waals surface area contributed by atoms with Gasteiger partial charge in [0.1, 0.15) is 0 Å². The zero-order valence-corrected chi connectivity index (χ0v) is 8.31. The minimum atomic E-state index is -0.889. The number of rotatable bonds is 3. The maximum atomic E-state index is 9.74. The van der Waals surface area contributed by atoms with E-state index in [2.05, 4.69) is 16.6 Å². The summed E-state index contributed by atoms with van der Waals surface area (Å²) in [4.78, 5) is 9.74. The molecule has 0 unspecified atom stereocenters. The van der Waals surface area contributed by atoms with E-state index in [1.54, 1.807) is 0 Å². The highest BCUT2D eigenvalue weighted by molar-refractivity contribution is 5.69. The summed E-state index contributed by atoms with van der Waals surface area (Å²) in [7, 11) is 0. The van der Waals surface area contributed by atoms with Crippen LogP contribution in [0.2, 0.25) is 0 Å². The van der Waals surface area contributed by atoms with Crippen LogP contribution >= 0.6 is 0 Å². The van der Waals surface area contributed by atoms with E-state index in [9.17, 15) is 4.79 Å². The Kier molecular flexibility index (Phi) is 8.75. The van der Waals surface area contributed by atoms with Gasteiger partial charge in [-0.05, 0) is 12.2 Å². The van der Waals surface area contributed by atoms with Crippen molar-refractivity contribution >= 4 is 5.97 Å². The number of carbonyl (C=O) groups is 1. The van der Waals surface area contributed by atoms with Gasteiger partial charge in [0, 0.05) is 12.4 Å². The zero-order chi connectivity index (χ0) is 11.4. The fraction of sp³-hybridized carbons (Fsp3) is 0.182. The summed E-state index contributed by atoms with van der Waals surface area (Å²) < 4.78 is 0. The SMILES string of the molecule is C#CCNCC(=O)O.C1=CC=CNC=C1. The van der Waals surface area contributed by atoms with Crippen LogP contribution in [-0.2, 0) is 4.79 Å². The smallest absolute Gasteiger partial charge is 0.317 e. The lowest BCUT2D eigenvalue weighted by atomic mass is 10.5. The van der Waals surface area contributed by atoms with Crippen molar-refractivity contribution in [2.45, 2.75) is 0 Å². The van der Waals surface area contributed by atoms with Gasteiger partial charge in [-0.3, -0.25) is 10.1 Å². The number of carboxylic acid groups (broad SMARTS) is 1. The first-order chi connectivity index (χ1) is 7.27. The fourth-order valence-electron chi connectivity index (χ4n) is 0.648. The Bertz CT molecular complexity index is 284. The maximum absolute atomic E-state index is 9.74. The second-order valence-corrected chi connectivity index (χ2v) is 2.47. The van der Waals surface area contributed by atoms with E-state index in [-0.39, 0.29) is 6.54 Å². The van der Waals surface area contributed by atoms with Gasteiger partial charge in [-0.2, -0.15) is 0 Å². The Labute approximate surface area is 89.4 Å². The van der Waals surface area contributed by atoms with Crippen LogP contribution in [0.1, 0.15) is 0 Å². The van der Waals surface area contributed by atoms with Gasteiger partial charge in [-0.15, -0.1) is 6.42 Å². The second-order valence-electron chi connectivity index (χ2n) is 2.47. The van der Waals surface area contributed by atoms with Crippen molar-refractivity contribution in [3.63, 3.8) is 0 Å². The van der Waals surface area contributed by atoms with E-state index in [4.69, 9.17) is 11.5 Å². The van der Waals surface area contributed by atoms with Crippen molar-refractivity contribution in [1.82, 2.24) is 10.6 Å². The number of aliphatic carboxylic acids is 1. The molecule has 0 atom stereocenters. The molecule has 0 aromatic rings. The number of hydrogen-bond donors (Lipinski definition) is 3. The lowest BCUT2D eigenvalue weighted by Crippen LogP contribution is -2.22. The quantitative estimate of drug-likeness (QED) is 0.464. The summed E-state index contributed by atoms with van der Waals surface area (Å²) in [6.07, 6.45) is 16.4. The summed E-state index contributed by atoms with van der Waals surface area (Å²) in [5.41, 5.74) is 0. The van der Waals surface area contributed by atoms with Gasteiger partial charge in [0.05, 0.1) is 13.1 Å². The minimum absolute atomic E-state index is 0.0653. The second kappa shape index (κ2) is 10.1. The van der Waals surface area contributed by atoms with Crippen LogP contribution in [0.3, 0.4) is 0 Å². The zero-order valence-electron chi connectivity index (χ0n) is 8.31. The molecule has 4 nitrogen and oxygen atoms in total. The minimum Gasteiger partial charge on any atom is -0.480 e. The average Bonchev–Trinajstić information content (AvgIpc) is 2.50. The molecule has 0 spiro atoms. The molecule has 0 saturated heterocycles. The van der Waals surface area contributed by atoms with Gasteiger partial charge in [0.25, 0.3) is 0 Å². The van der Waals surface area contributed by atoms with Crippen LogP contribution in [0.25, 0.3) is 0 Å². The van der Waals surface area contributed by atoms with Crippen LogP contribution in [0, 0.1) is 12.3 Å².